The van der Waals surface area contributed by atoms with Gasteiger partial charge < -0.3 is 5.32 Å². The molecule has 106 valence electrons. The Morgan fingerprint density at radius 1 is 1.15 bits per heavy atom. The monoisotopic (exact) mass is 339 g/mol. The number of benzene rings is 2. The van der Waals surface area contributed by atoms with E-state index in [2.05, 4.69) is 21.2 Å². The molecule has 0 saturated heterocycles. The van der Waals surface area contributed by atoms with E-state index in [1.807, 2.05) is 13.0 Å². The smallest absolute Gasteiger partial charge is 0.128 e. The fourth-order valence-corrected chi connectivity index (χ4v) is 2.63. The van der Waals surface area contributed by atoms with Gasteiger partial charge in [0.2, 0.25) is 0 Å². The van der Waals surface area contributed by atoms with Crippen LogP contribution < -0.4 is 5.32 Å². The maximum atomic E-state index is 14.0. The number of aryl methyl sites for hydroxylation is 1. The van der Waals surface area contributed by atoms with Crippen LogP contribution in [0.25, 0.3) is 0 Å². The zero-order chi connectivity index (χ0) is 14.7. The molecule has 4 heteroatoms. The summed E-state index contributed by atoms with van der Waals surface area (Å²) < 4.78 is 28.1. The summed E-state index contributed by atoms with van der Waals surface area (Å²) in [6, 6.07) is 9.37. The van der Waals surface area contributed by atoms with Crippen molar-refractivity contribution in [3.63, 3.8) is 0 Å². The van der Waals surface area contributed by atoms with Gasteiger partial charge in [-0.05, 0) is 50.2 Å². The first kappa shape index (κ1) is 15.1. The maximum absolute atomic E-state index is 14.0. The van der Waals surface area contributed by atoms with Crippen molar-refractivity contribution in [2.75, 3.05) is 7.05 Å². The molecule has 0 heterocycles. The van der Waals surface area contributed by atoms with Crippen molar-refractivity contribution in [3.05, 3.63) is 69.2 Å². The van der Waals surface area contributed by atoms with Crippen LogP contribution in [0.2, 0.25) is 0 Å². The number of likely N-dealkylation sites (N-methyl/N-ethyl adjacent to an activating group) is 1. The lowest BCUT2D eigenvalue weighted by Crippen LogP contribution is -2.20. The first-order chi connectivity index (χ1) is 9.51. The van der Waals surface area contributed by atoms with Crippen molar-refractivity contribution >= 4 is 15.9 Å². The molecule has 0 aliphatic heterocycles. The molecule has 2 aromatic carbocycles. The normalized spacial score (nSPS) is 12.4. The first-order valence-corrected chi connectivity index (χ1v) is 7.18. The van der Waals surface area contributed by atoms with Crippen LogP contribution in [0.3, 0.4) is 0 Å². The highest BCUT2D eigenvalue weighted by Gasteiger charge is 2.16. The minimum Gasteiger partial charge on any atom is -0.313 e. The number of hydrogen-bond donors (Lipinski definition) is 1. The topological polar surface area (TPSA) is 12.0 Å². The van der Waals surface area contributed by atoms with Crippen molar-refractivity contribution in [1.82, 2.24) is 5.32 Å². The summed E-state index contributed by atoms with van der Waals surface area (Å²) in [4.78, 5) is 0. The zero-order valence-electron chi connectivity index (χ0n) is 11.4. The summed E-state index contributed by atoms with van der Waals surface area (Å²) >= 11 is 3.41. The lowest BCUT2D eigenvalue weighted by Gasteiger charge is -2.19. The standard InChI is InChI=1S/C16H16BrF2N/c1-10-3-6-15(19)13(7-10)16(20-2)9-11-8-12(18)4-5-14(11)17/h3-8,16,20H,9H2,1-2H3. The molecule has 0 fully saturated rings. The third-order valence-electron chi connectivity index (χ3n) is 3.31. The Labute approximate surface area is 126 Å². The van der Waals surface area contributed by atoms with Gasteiger partial charge in [-0.3, -0.25) is 0 Å². The van der Waals surface area contributed by atoms with Crippen LogP contribution in [0, 0.1) is 18.6 Å². The Morgan fingerprint density at radius 3 is 2.60 bits per heavy atom. The van der Waals surface area contributed by atoms with Gasteiger partial charge in [-0.25, -0.2) is 8.78 Å². The molecule has 1 nitrogen and oxygen atoms in total. The molecule has 0 spiro atoms. The molecular formula is C16H16BrF2N. The summed E-state index contributed by atoms with van der Waals surface area (Å²) in [5, 5.41) is 3.10. The molecule has 0 radical (unpaired) electrons. The predicted octanol–water partition coefficient (Wildman–Crippen LogP) is 4.54. The van der Waals surface area contributed by atoms with Gasteiger partial charge in [0.05, 0.1) is 0 Å². The van der Waals surface area contributed by atoms with E-state index in [9.17, 15) is 8.78 Å². The van der Waals surface area contributed by atoms with Crippen molar-refractivity contribution in [3.8, 4) is 0 Å². The quantitative estimate of drug-likeness (QED) is 0.862. The SMILES string of the molecule is CNC(Cc1cc(F)ccc1Br)c1cc(C)ccc1F. The van der Waals surface area contributed by atoms with Crippen molar-refractivity contribution in [1.29, 1.82) is 0 Å². The molecule has 0 bridgehead atoms. The fourth-order valence-electron chi connectivity index (χ4n) is 2.22. The number of halogens is 3. The Morgan fingerprint density at radius 2 is 1.90 bits per heavy atom. The summed E-state index contributed by atoms with van der Waals surface area (Å²) in [5.41, 5.74) is 2.41. The third-order valence-corrected chi connectivity index (χ3v) is 4.08. The Hall–Kier alpha value is -1.26. The number of rotatable bonds is 4. The first-order valence-electron chi connectivity index (χ1n) is 6.38. The Kier molecular flexibility index (Phi) is 4.89. The molecule has 1 atom stereocenters. The van der Waals surface area contributed by atoms with E-state index < -0.39 is 0 Å². The highest BCUT2D eigenvalue weighted by atomic mass is 79.9. The van der Waals surface area contributed by atoms with Gasteiger partial charge >= 0.3 is 0 Å². The minimum absolute atomic E-state index is 0.201. The van der Waals surface area contributed by atoms with Crippen LogP contribution in [0.4, 0.5) is 8.78 Å². The Bertz CT molecular complexity index is 613. The molecule has 2 rings (SSSR count). The molecule has 2 aromatic rings. The fraction of sp³-hybridized carbons (Fsp3) is 0.250. The van der Waals surface area contributed by atoms with Gasteiger partial charge in [0.15, 0.2) is 0 Å². The largest absolute Gasteiger partial charge is 0.313 e. The summed E-state index contributed by atoms with van der Waals surface area (Å²) in [5.74, 6) is -0.537. The molecule has 0 amide bonds. The van der Waals surface area contributed by atoms with Crippen LogP contribution in [-0.4, -0.2) is 7.05 Å². The van der Waals surface area contributed by atoms with E-state index >= 15 is 0 Å². The summed E-state index contributed by atoms with van der Waals surface area (Å²) in [6.45, 7) is 1.92. The lowest BCUT2D eigenvalue weighted by atomic mass is 9.97. The van der Waals surface area contributed by atoms with Gasteiger partial charge in [0.1, 0.15) is 11.6 Å². The highest BCUT2D eigenvalue weighted by Crippen LogP contribution is 2.26. The zero-order valence-corrected chi connectivity index (χ0v) is 13.0. The average molecular weight is 340 g/mol. The predicted molar refractivity (Wildman–Crippen MR) is 80.7 cm³/mol. The highest BCUT2D eigenvalue weighted by molar-refractivity contribution is 9.10. The molecule has 0 aromatic heterocycles. The van der Waals surface area contributed by atoms with Crippen LogP contribution in [-0.2, 0) is 6.42 Å². The van der Waals surface area contributed by atoms with E-state index in [4.69, 9.17) is 0 Å². The van der Waals surface area contributed by atoms with Gasteiger partial charge in [0, 0.05) is 16.1 Å². The van der Waals surface area contributed by atoms with Crippen molar-refractivity contribution in [2.24, 2.45) is 0 Å². The second-order valence-corrected chi connectivity index (χ2v) is 5.66. The molecule has 1 unspecified atom stereocenters. The van der Waals surface area contributed by atoms with Gasteiger partial charge in [-0.2, -0.15) is 0 Å². The molecule has 0 aliphatic carbocycles. The summed E-state index contributed by atoms with van der Waals surface area (Å²) in [6.07, 6.45) is 0.509. The molecule has 1 N–H and O–H groups in total. The minimum atomic E-state index is -0.289. The maximum Gasteiger partial charge on any atom is 0.128 e. The van der Waals surface area contributed by atoms with E-state index in [-0.39, 0.29) is 17.7 Å². The molecular weight excluding hydrogens is 324 g/mol. The molecule has 0 aliphatic rings. The van der Waals surface area contributed by atoms with E-state index in [0.29, 0.717) is 12.0 Å². The number of nitrogens with one attached hydrogen (secondary N) is 1. The van der Waals surface area contributed by atoms with Gasteiger partial charge in [-0.1, -0.05) is 33.6 Å². The second-order valence-electron chi connectivity index (χ2n) is 4.81. The van der Waals surface area contributed by atoms with Gasteiger partial charge in [0.25, 0.3) is 0 Å². The number of hydrogen-bond acceptors (Lipinski definition) is 1. The van der Waals surface area contributed by atoms with E-state index in [1.54, 1.807) is 19.2 Å². The van der Waals surface area contributed by atoms with Crippen LogP contribution in [0.1, 0.15) is 22.7 Å². The average Bonchev–Trinajstić information content (AvgIpc) is 2.42. The molecule has 20 heavy (non-hydrogen) atoms. The summed E-state index contributed by atoms with van der Waals surface area (Å²) in [7, 11) is 1.78. The second kappa shape index (κ2) is 6.46. The van der Waals surface area contributed by atoms with Crippen LogP contribution in [0.15, 0.2) is 40.9 Å². The van der Waals surface area contributed by atoms with Crippen LogP contribution in [0.5, 0.6) is 0 Å². The van der Waals surface area contributed by atoms with E-state index in [0.717, 1.165) is 15.6 Å². The van der Waals surface area contributed by atoms with Crippen molar-refractivity contribution in [2.45, 2.75) is 19.4 Å². The lowest BCUT2D eigenvalue weighted by molar-refractivity contribution is 0.531. The Balaban J connectivity index is 2.33. The van der Waals surface area contributed by atoms with E-state index in [1.165, 1.54) is 18.2 Å². The van der Waals surface area contributed by atoms with Crippen molar-refractivity contribution < 1.29 is 8.78 Å². The van der Waals surface area contributed by atoms with Crippen LogP contribution >= 0.6 is 15.9 Å². The van der Waals surface area contributed by atoms with Gasteiger partial charge in [-0.15, -0.1) is 0 Å². The third kappa shape index (κ3) is 3.44. The molecule has 0 saturated carbocycles.